The summed E-state index contributed by atoms with van der Waals surface area (Å²) >= 11 is 0. The van der Waals surface area contributed by atoms with Gasteiger partial charge in [-0.3, -0.25) is 14.4 Å². The van der Waals surface area contributed by atoms with Crippen molar-refractivity contribution >= 4 is 17.6 Å². The number of amides is 2. The van der Waals surface area contributed by atoms with Gasteiger partial charge >= 0.3 is 0 Å². The van der Waals surface area contributed by atoms with Crippen molar-refractivity contribution in [3.05, 3.63) is 95.8 Å². The first kappa shape index (κ1) is 27.1. The molecule has 1 aliphatic heterocycles. The maximum atomic E-state index is 13.6. The van der Waals surface area contributed by atoms with Gasteiger partial charge in [0, 0.05) is 25.5 Å². The van der Waals surface area contributed by atoms with Crippen molar-refractivity contribution in [2.45, 2.75) is 51.6 Å². The lowest BCUT2D eigenvalue weighted by Crippen LogP contribution is -2.39. The molecule has 2 aromatic heterocycles. The van der Waals surface area contributed by atoms with Crippen molar-refractivity contribution in [1.82, 2.24) is 25.3 Å². The van der Waals surface area contributed by atoms with E-state index >= 15 is 0 Å². The molecule has 2 amide bonds. The highest BCUT2D eigenvalue weighted by molar-refractivity contribution is 5.98. The smallest absolute Gasteiger partial charge is 0.224 e. The third-order valence-corrected chi connectivity index (χ3v) is 7.34. The fraction of sp³-hybridized carbons (Fsp3) is 0.323. The van der Waals surface area contributed by atoms with E-state index in [9.17, 15) is 14.4 Å². The number of H-pyrrole nitrogens is 1. The average Bonchev–Trinajstić information content (AvgIpc) is 3.74. The summed E-state index contributed by atoms with van der Waals surface area (Å²) in [5.74, 6) is -0.665. The van der Waals surface area contributed by atoms with Crippen LogP contribution in [0.1, 0.15) is 72.3 Å². The van der Waals surface area contributed by atoms with Crippen molar-refractivity contribution in [1.29, 1.82) is 0 Å². The van der Waals surface area contributed by atoms with Crippen molar-refractivity contribution < 1.29 is 18.9 Å². The normalized spacial score (nSPS) is 16.4. The number of ketones is 1. The Morgan fingerprint density at radius 1 is 1.07 bits per heavy atom. The average molecular weight is 540 g/mol. The van der Waals surface area contributed by atoms with Gasteiger partial charge in [0.1, 0.15) is 17.3 Å². The van der Waals surface area contributed by atoms with Gasteiger partial charge in [0.05, 0.1) is 29.9 Å². The number of hydrogen-bond donors (Lipinski definition) is 2. The number of aromatic amines is 1. The Bertz CT molecular complexity index is 1460. The molecule has 3 heterocycles. The number of carbonyl (C=O) groups excluding carboxylic acids is 3. The van der Waals surface area contributed by atoms with Crippen LogP contribution >= 0.6 is 0 Å². The van der Waals surface area contributed by atoms with E-state index in [-0.39, 0.29) is 42.2 Å². The minimum absolute atomic E-state index is 0.0373. The zero-order chi connectivity index (χ0) is 28.1. The van der Waals surface area contributed by atoms with E-state index in [1.165, 1.54) is 0 Å². The van der Waals surface area contributed by atoms with Crippen molar-refractivity contribution in [3.8, 4) is 11.3 Å². The second kappa shape index (κ2) is 12.1. The molecule has 2 N–H and O–H groups in total. The number of hydrogen-bond acceptors (Lipinski definition) is 6. The summed E-state index contributed by atoms with van der Waals surface area (Å²) in [7, 11) is 0. The van der Waals surface area contributed by atoms with Crippen LogP contribution in [-0.2, 0) is 9.59 Å². The van der Waals surface area contributed by atoms with Gasteiger partial charge in [0.15, 0.2) is 5.78 Å². The van der Waals surface area contributed by atoms with Crippen LogP contribution in [0, 0.1) is 12.8 Å². The van der Waals surface area contributed by atoms with Crippen molar-refractivity contribution in [2.75, 3.05) is 6.54 Å². The number of aryl methyl sites for hydroxylation is 1. The highest BCUT2D eigenvalue weighted by Gasteiger charge is 2.34. The standard InChI is InChI=1S/C31H33N5O4/c1-20-16-25(35-40-20)28(37)17-24(18-29(38)36-15-9-14-27(36)23-12-7-4-8-13-23)31(39)33-21(2)30-32-19-26(34-30)22-10-5-3-6-11-22/h3-8,10-13,16,19,21,24,27H,9,14-15,17-18H2,1-2H3,(H,32,34)(H,33,39)/t21-,24-,27+/m0/s1. The lowest BCUT2D eigenvalue weighted by Gasteiger charge is -2.27. The molecule has 0 aliphatic carbocycles. The lowest BCUT2D eigenvalue weighted by molar-refractivity contribution is -0.137. The van der Waals surface area contributed by atoms with Gasteiger partial charge in [-0.25, -0.2) is 4.98 Å². The number of likely N-dealkylation sites (tertiary alicyclic amines) is 1. The number of nitrogens with one attached hydrogen (secondary N) is 2. The molecule has 0 unspecified atom stereocenters. The fourth-order valence-electron chi connectivity index (χ4n) is 5.22. The van der Waals surface area contributed by atoms with Gasteiger partial charge in [-0.05, 0) is 37.8 Å². The van der Waals surface area contributed by atoms with Gasteiger partial charge in [-0.1, -0.05) is 65.8 Å². The number of rotatable bonds is 10. The molecular formula is C31H33N5O4. The van der Waals surface area contributed by atoms with E-state index < -0.39 is 12.0 Å². The first-order valence-corrected chi connectivity index (χ1v) is 13.6. The summed E-state index contributed by atoms with van der Waals surface area (Å²) in [6.07, 6.45) is 3.23. The lowest BCUT2D eigenvalue weighted by atomic mass is 9.94. The molecule has 0 spiro atoms. The predicted molar refractivity (Wildman–Crippen MR) is 149 cm³/mol. The molecule has 3 atom stereocenters. The van der Waals surface area contributed by atoms with E-state index in [0.29, 0.717) is 18.1 Å². The molecule has 206 valence electrons. The predicted octanol–water partition coefficient (Wildman–Crippen LogP) is 5.19. The Kier molecular flexibility index (Phi) is 8.19. The summed E-state index contributed by atoms with van der Waals surface area (Å²) in [6, 6.07) is 20.7. The summed E-state index contributed by atoms with van der Waals surface area (Å²) in [5, 5.41) is 6.77. The minimum Gasteiger partial charge on any atom is -0.361 e. The fourth-order valence-corrected chi connectivity index (χ4v) is 5.22. The number of carbonyl (C=O) groups is 3. The van der Waals surface area contributed by atoms with Crippen LogP contribution < -0.4 is 5.32 Å². The third kappa shape index (κ3) is 6.20. The monoisotopic (exact) mass is 539 g/mol. The molecule has 9 nitrogen and oxygen atoms in total. The SMILES string of the molecule is Cc1cc(C(=O)C[C@@H](CC(=O)N2CCC[C@@H]2c2ccccc2)C(=O)N[C@@H](C)c2ncc(-c3ccccc3)[nH]2)no1. The molecule has 1 saturated heterocycles. The second-order valence-electron chi connectivity index (χ2n) is 10.3. The van der Waals surface area contributed by atoms with Gasteiger partial charge in [-0.2, -0.15) is 0 Å². The van der Waals surface area contributed by atoms with Gasteiger partial charge in [0.25, 0.3) is 0 Å². The molecule has 0 saturated carbocycles. The maximum absolute atomic E-state index is 13.6. The molecule has 5 rings (SSSR count). The Hall–Kier alpha value is -4.53. The van der Waals surface area contributed by atoms with Crippen molar-refractivity contribution in [2.24, 2.45) is 5.92 Å². The van der Waals surface area contributed by atoms with Crippen LogP contribution in [0.15, 0.2) is 77.4 Å². The Morgan fingerprint density at radius 3 is 2.50 bits per heavy atom. The van der Waals surface area contributed by atoms with Gasteiger partial charge in [0.2, 0.25) is 11.8 Å². The van der Waals surface area contributed by atoms with Gasteiger partial charge in [-0.15, -0.1) is 0 Å². The summed E-state index contributed by atoms with van der Waals surface area (Å²) in [6.45, 7) is 4.14. The third-order valence-electron chi connectivity index (χ3n) is 7.34. The van der Waals surface area contributed by atoms with Crippen LogP contribution in [-0.4, -0.2) is 44.2 Å². The van der Waals surface area contributed by atoms with Crippen LogP contribution in [0.3, 0.4) is 0 Å². The van der Waals surface area contributed by atoms with E-state index in [1.54, 1.807) is 19.2 Å². The van der Waals surface area contributed by atoms with Crippen LogP contribution in [0.5, 0.6) is 0 Å². The maximum Gasteiger partial charge on any atom is 0.224 e. The van der Waals surface area contributed by atoms with Crippen LogP contribution in [0.25, 0.3) is 11.3 Å². The number of imidazole rings is 1. The quantitative estimate of drug-likeness (QED) is 0.268. The number of nitrogens with zero attached hydrogens (tertiary/aromatic N) is 3. The zero-order valence-corrected chi connectivity index (χ0v) is 22.7. The first-order chi connectivity index (χ1) is 19.4. The van der Waals surface area contributed by atoms with Crippen LogP contribution in [0.2, 0.25) is 0 Å². The molecule has 40 heavy (non-hydrogen) atoms. The van der Waals surface area contributed by atoms with E-state index in [0.717, 1.165) is 29.7 Å². The number of Topliss-reactive ketones (excluding diaryl/α,β-unsaturated/α-hetero) is 1. The largest absolute Gasteiger partial charge is 0.361 e. The van der Waals surface area contributed by atoms with E-state index in [4.69, 9.17) is 4.52 Å². The Labute approximate surface area is 233 Å². The number of benzene rings is 2. The van der Waals surface area contributed by atoms with Gasteiger partial charge < -0.3 is 19.7 Å². The Balaban J connectivity index is 1.31. The van der Waals surface area contributed by atoms with Crippen LogP contribution in [0.4, 0.5) is 0 Å². The van der Waals surface area contributed by atoms with E-state index in [2.05, 4.69) is 20.4 Å². The van der Waals surface area contributed by atoms with E-state index in [1.807, 2.05) is 72.5 Å². The summed E-state index contributed by atoms with van der Waals surface area (Å²) < 4.78 is 5.06. The molecule has 0 radical (unpaired) electrons. The summed E-state index contributed by atoms with van der Waals surface area (Å²) in [5.41, 5.74) is 3.04. The topological polar surface area (TPSA) is 121 Å². The highest BCUT2D eigenvalue weighted by atomic mass is 16.5. The first-order valence-electron chi connectivity index (χ1n) is 13.6. The molecular weight excluding hydrogens is 506 g/mol. The Morgan fingerprint density at radius 2 is 1.80 bits per heavy atom. The molecule has 0 bridgehead atoms. The second-order valence-corrected chi connectivity index (χ2v) is 10.3. The van der Waals surface area contributed by atoms with Crippen molar-refractivity contribution in [3.63, 3.8) is 0 Å². The number of aromatic nitrogens is 3. The molecule has 2 aromatic carbocycles. The molecule has 9 heteroatoms. The highest BCUT2D eigenvalue weighted by Crippen LogP contribution is 2.33. The summed E-state index contributed by atoms with van der Waals surface area (Å²) in [4.78, 5) is 49.7. The minimum atomic E-state index is -0.875. The zero-order valence-electron chi connectivity index (χ0n) is 22.7. The molecule has 1 aliphatic rings. The molecule has 4 aromatic rings. The molecule has 1 fully saturated rings.